The van der Waals surface area contributed by atoms with Crippen molar-refractivity contribution in [3.8, 4) is 11.5 Å². The van der Waals surface area contributed by atoms with Gasteiger partial charge in [0, 0.05) is 23.2 Å². The Bertz CT molecular complexity index is 385. The van der Waals surface area contributed by atoms with Gasteiger partial charge in [-0.15, -0.1) is 0 Å². The molecule has 1 aromatic rings. The minimum atomic E-state index is -4.26. The van der Waals surface area contributed by atoms with Gasteiger partial charge in [0.15, 0.2) is 11.5 Å². The molecule has 0 spiro atoms. The molecule has 18 heavy (non-hydrogen) atoms. The number of nitrogens with two attached hydrogens (primary N) is 1. The molecular weight excluding hydrogens is 271 g/mol. The van der Waals surface area contributed by atoms with E-state index in [9.17, 15) is 13.2 Å². The van der Waals surface area contributed by atoms with Gasteiger partial charge in [-0.3, -0.25) is 0 Å². The standard InChI is InChI=1S/C11H13ClF3NO2/c1-17-9-5-8(12)4-7(6-16)10(9)18-3-2-11(13,14)15/h4-5H,2-3,6,16H2,1H3. The van der Waals surface area contributed by atoms with Crippen molar-refractivity contribution in [2.45, 2.75) is 19.1 Å². The number of rotatable bonds is 5. The fourth-order valence-corrected chi connectivity index (χ4v) is 1.59. The van der Waals surface area contributed by atoms with E-state index in [0.717, 1.165) is 0 Å². The first-order valence-electron chi connectivity index (χ1n) is 5.13. The summed E-state index contributed by atoms with van der Waals surface area (Å²) in [5.41, 5.74) is 5.99. The highest BCUT2D eigenvalue weighted by atomic mass is 35.5. The van der Waals surface area contributed by atoms with E-state index in [0.29, 0.717) is 10.6 Å². The molecule has 0 bridgehead atoms. The molecule has 1 rings (SSSR count). The molecule has 1 aromatic carbocycles. The first-order chi connectivity index (χ1) is 8.37. The third-order valence-electron chi connectivity index (χ3n) is 2.17. The molecule has 2 N–H and O–H groups in total. The van der Waals surface area contributed by atoms with Crippen LogP contribution >= 0.6 is 11.6 Å². The van der Waals surface area contributed by atoms with E-state index in [-0.39, 0.29) is 18.0 Å². The molecule has 0 aliphatic heterocycles. The fraction of sp³-hybridized carbons (Fsp3) is 0.455. The minimum absolute atomic E-state index is 0.0955. The lowest BCUT2D eigenvalue weighted by Gasteiger charge is -2.15. The molecule has 0 aromatic heterocycles. The van der Waals surface area contributed by atoms with Crippen molar-refractivity contribution in [1.29, 1.82) is 0 Å². The van der Waals surface area contributed by atoms with Gasteiger partial charge in [-0.1, -0.05) is 11.6 Å². The van der Waals surface area contributed by atoms with Gasteiger partial charge in [0.1, 0.15) is 0 Å². The summed E-state index contributed by atoms with van der Waals surface area (Å²) in [6.45, 7) is -0.396. The zero-order valence-corrected chi connectivity index (χ0v) is 10.4. The molecule has 0 aliphatic carbocycles. The van der Waals surface area contributed by atoms with E-state index in [1.807, 2.05) is 0 Å². The SMILES string of the molecule is COc1cc(Cl)cc(CN)c1OCCC(F)(F)F. The Labute approximate surface area is 108 Å². The van der Waals surface area contributed by atoms with Gasteiger partial charge >= 0.3 is 6.18 Å². The Morgan fingerprint density at radius 3 is 2.50 bits per heavy atom. The molecule has 0 radical (unpaired) electrons. The van der Waals surface area contributed by atoms with Crippen LogP contribution in [0.5, 0.6) is 11.5 Å². The largest absolute Gasteiger partial charge is 0.493 e. The van der Waals surface area contributed by atoms with Crippen LogP contribution in [0.3, 0.4) is 0 Å². The van der Waals surface area contributed by atoms with Gasteiger partial charge in [0.2, 0.25) is 0 Å². The molecule has 0 fully saturated rings. The summed E-state index contributed by atoms with van der Waals surface area (Å²) >= 11 is 5.82. The maximum atomic E-state index is 12.0. The van der Waals surface area contributed by atoms with Gasteiger partial charge in [-0.2, -0.15) is 13.2 Å². The van der Waals surface area contributed by atoms with Crippen LogP contribution in [0, 0.1) is 0 Å². The van der Waals surface area contributed by atoms with Crippen molar-refractivity contribution in [3.05, 3.63) is 22.7 Å². The molecule has 0 saturated carbocycles. The lowest BCUT2D eigenvalue weighted by molar-refractivity contribution is -0.139. The number of hydrogen-bond acceptors (Lipinski definition) is 3. The van der Waals surface area contributed by atoms with Gasteiger partial charge in [0.25, 0.3) is 0 Å². The van der Waals surface area contributed by atoms with E-state index in [1.165, 1.54) is 19.2 Å². The lowest BCUT2D eigenvalue weighted by atomic mass is 10.2. The molecule has 0 aliphatic rings. The molecule has 0 saturated heterocycles. The highest BCUT2D eigenvalue weighted by molar-refractivity contribution is 6.30. The fourth-order valence-electron chi connectivity index (χ4n) is 1.36. The summed E-state index contributed by atoms with van der Waals surface area (Å²) in [6.07, 6.45) is -5.30. The van der Waals surface area contributed by atoms with Crippen molar-refractivity contribution in [2.75, 3.05) is 13.7 Å². The summed E-state index contributed by atoms with van der Waals surface area (Å²) in [7, 11) is 1.38. The maximum absolute atomic E-state index is 12.0. The third-order valence-corrected chi connectivity index (χ3v) is 2.39. The Morgan fingerprint density at radius 2 is 2.00 bits per heavy atom. The maximum Gasteiger partial charge on any atom is 0.392 e. The Kier molecular flexibility index (Phi) is 5.10. The van der Waals surface area contributed by atoms with E-state index in [4.69, 9.17) is 26.8 Å². The van der Waals surface area contributed by atoms with E-state index in [1.54, 1.807) is 0 Å². The molecule has 102 valence electrons. The Hall–Kier alpha value is -1.14. The van der Waals surface area contributed by atoms with Gasteiger partial charge in [0.05, 0.1) is 20.1 Å². The van der Waals surface area contributed by atoms with Crippen LogP contribution in [0.25, 0.3) is 0 Å². The predicted molar refractivity (Wildman–Crippen MR) is 62.1 cm³/mol. The Balaban J connectivity index is 2.86. The predicted octanol–water partition coefficient (Wildman–Crippen LogP) is 3.14. The molecule has 7 heteroatoms. The second-order valence-electron chi connectivity index (χ2n) is 3.51. The average molecular weight is 284 g/mol. The van der Waals surface area contributed by atoms with Crippen LogP contribution < -0.4 is 15.2 Å². The van der Waals surface area contributed by atoms with Gasteiger partial charge in [-0.05, 0) is 6.07 Å². The zero-order chi connectivity index (χ0) is 13.8. The first kappa shape index (κ1) is 14.9. The molecule has 0 amide bonds. The zero-order valence-electron chi connectivity index (χ0n) is 9.68. The number of halogens is 4. The van der Waals surface area contributed by atoms with Crippen LogP contribution in [0.2, 0.25) is 5.02 Å². The molecular formula is C11H13ClF3NO2. The van der Waals surface area contributed by atoms with Crippen LogP contribution in [0.4, 0.5) is 13.2 Å². The van der Waals surface area contributed by atoms with Crippen molar-refractivity contribution < 1.29 is 22.6 Å². The highest BCUT2D eigenvalue weighted by Crippen LogP contribution is 2.35. The van der Waals surface area contributed by atoms with Crippen molar-refractivity contribution >= 4 is 11.6 Å². The summed E-state index contributed by atoms with van der Waals surface area (Å²) in [5, 5.41) is 0.385. The summed E-state index contributed by atoms with van der Waals surface area (Å²) in [4.78, 5) is 0. The topological polar surface area (TPSA) is 44.5 Å². The summed E-state index contributed by atoms with van der Waals surface area (Å²) in [6, 6.07) is 3.00. The normalized spacial score (nSPS) is 11.4. The van der Waals surface area contributed by atoms with Crippen molar-refractivity contribution in [1.82, 2.24) is 0 Å². The van der Waals surface area contributed by atoms with Crippen molar-refractivity contribution in [3.63, 3.8) is 0 Å². The minimum Gasteiger partial charge on any atom is -0.493 e. The summed E-state index contributed by atoms with van der Waals surface area (Å²) in [5.74, 6) is 0.471. The third kappa shape index (κ3) is 4.27. The van der Waals surface area contributed by atoms with Crippen LogP contribution in [-0.2, 0) is 6.54 Å². The molecule has 3 nitrogen and oxygen atoms in total. The second-order valence-corrected chi connectivity index (χ2v) is 3.95. The number of ether oxygens (including phenoxy) is 2. The van der Waals surface area contributed by atoms with E-state index in [2.05, 4.69) is 0 Å². The van der Waals surface area contributed by atoms with E-state index >= 15 is 0 Å². The number of methoxy groups -OCH3 is 1. The molecule has 0 unspecified atom stereocenters. The molecule has 0 atom stereocenters. The van der Waals surface area contributed by atoms with E-state index < -0.39 is 19.2 Å². The number of benzene rings is 1. The molecule has 0 heterocycles. The number of alkyl halides is 3. The second kappa shape index (κ2) is 6.15. The van der Waals surface area contributed by atoms with Crippen LogP contribution in [0.15, 0.2) is 12.1 Å². The van der Waals surface area contributed by atoms with Crippen LogP contribution in [0.1, 0.15) is 12.0 Å². The van der Waals surface area contributed by atoms with Gasteiger partial charge < -0.3 is 15.2 Å². The quantitative estimate of drug-likeness (QED) is 0.903. The highest BCUT2D eigenvalue weighted by Gasteiger charge is 2.27. The smallest absolute Gasteiger partial charge is 0.392 e. The first-order valence-corrected chi connectivity index (χ1v) is 5.51. The number of hydrogen-bond donors (Lipinski definition) is 1. The van der Waals surface area contributed by atoms with Gasteiger partial charge in [-0.25, -0.2) is 0 Å². The monoisotopic (exact) mass is 283 g/mol. The summed E-state index contributed by atoms with van der Waals surface area (Å²) < 4.78 is 46.2. The lowest BCUT2D eigenvalue weighted by Crippen LogP contribution is -2.14. The van der Waals surface area contributed by atoms with Crippen molar-refractivity contribution in [2.24, 2.45) is 5.73 Å². The Morgan fingerprint density at radius 1 is 1.33 bits per heavy atom. The average Bonchev–Trinajstić information content (AvgIpc) is 2.28. The van der Waals surface area contributed by atoms with Crippen LogP contribution in [-0.4, -0.2) is 19.9 Å².